The van der Waals surface area contributed by atoms with Crippen molar-refractivity contribution in [2.45, 2.75) is 6.92 Å². The average molecular weight is 208 g/mol. The summed E-state index contributed by atoms with van der Waals surface area (Å²) in [5.41, 5.74) is 3.18. The maximum Gasteiger partial charge on any atom is 0.144 e. The molecule has 0 spiro atoms. The maximum atomic E-state index is 5.79. The second-order valence-electron chi connectivity index (χ2n) is 3.17. The zero-order valence-electron chi connectivity index (χ0n) is 7.83. The van der Waals surface area contributed by atoms with Gasteiger partial charge >= 0.3 is 0 Å². The summed E-state index contributed by atoms with van der Waals surface area (Å²) in [6.07, 6.45) is 2.06. The minimum Gasteiger partial charge on any atom is -0.391 e. The van der Waals surface area contributed by atoms with Crippen molar-refractivity contribution in [1.82, 2.24) is 0 Å². The van der Waals surface area contributed by atoms with Gasteiger partial charge < -0.3 is 4.84 Å². The van der Waals surface area contributed by atoms with E-state index in [0.717, 1.165) is 21.9 Å². The fourth-order valence-electron chi connectivity index (χ4n) is 1.27. The van der Waals surface area contributed by atoms with E-state index in [1.165, 1.54) is 0 Å². The highest BCUT2D eigenvalue weighted by Gasteiger charge is 2.09. The molecule has 0 saturated heterocycles. The molecule has 0 amide bonds. The minimum atomic E-state index is 0.564. The van der Waals surface area contributed by atoms with Crippen molar-refractivity contribution in [1.29, 1.82) is 0 Å². The van der Waals surface area contributed by atoms with Gasteiger partial charge in [-0.2, -0.15) is 0 Å². The van der Waals surface area contributed by atoms with Crippen LogP contribution in [0.2, 0.25) is 5.02 Å². The molecule has 0 N–H and O–H groups in total. The molecule has 1 heterocycles. The van der Waals surface area contributed by atoms with Crippen molar-refractivity contribution < 1.29 is 4.84 Å². The molecule has 0 bridgehead atoms. The SMILES string of the molecule is CC1=NOC/C1=C\c1ccc(Cl)cc1. The predicted molar refractivity (Wildman–Crippen MR) is 58.5 cm³/mol. The van der Waals surface area contributed by atoms with Crippen LogP contribution in [-0.2, 0) is 4.84 Å². The number of benzene rings is 1. The first-order valence-electron chi connectivity index (χ1n) is 4.39. The molecule has 0 unspecified atom stereocenters. The average Bonchev–Trinajstić information content (AvgIpc) is 2.56. The quantitative estimate of drug-likeness (QED) is 0.694. The first-order chi connectivity index (χ1) is 6.75. The summed E-state index contributed by atoms with van der Waals surface area (Å²) in [5, 5.41) is 4.60. The molecule has 0 aliphatic carbocycles. The van der Waals surface area contributed by atoms with Gasteiger partial charge in [0.1, 0.15) is 6.61 Å². The fourth-order valence-corrected chi connectivity index (χ4v) is 1.39. The van der Waals surface area contributed by atoms with Gasteiger partial charge in [0.05, 0.1) is 5.71 Å². The van der Waals surface area contributed by atoms with E-state index >= 15 is 0 Å². The number of hydrogen-bond donors (Lipinski definition) is 0. The van der Waals surface area contributed by atoms with Gasteiger partial charge in [-0.25, -0.2) is 0 Å². The number of hydrogen-bond acceptors (Lipinski definition) is 2. The van der Waals surface area contributed by atoms with Crippen LogP contribution in [0.3, 0.4) is 0 Å². The molecule has 14 heavy (non-hydrogen) atoms. The Morgan fingerprint density at radius 1 is 1.36 bits per heavy atom. The van der Waals surface area contributed by atoms with Crippen molar-refractivity contribution >= 4 is 23.4 Å². The van der Waals surface area contributed by atoms with Crippen LogP contribution in [0.25, 0.3) is 6.08 Å². The lowest BCUT2D eigenvalue weighted by Crippen LogP contribution is -1.93. The Hall–Kier alpha value is -1.28. The Bertz CT molecular complexity index is 392. The van der Waals surface area contributed by atoms with Gasteiger partial charge in [-0.1, -0.05) is 28.9 Å². The third kappa shape index (κ3) is 1.96. The second-order valence-corrected chi connectivity index (χ2v) is 3.61. The summed E-state index contributed by atoms with van der Waals surface area (Å²) in [4.78, 5) is 4.96. The molecule has 0 radical (unpaired) electrons. The molecule has 1 aromatic rings. The summed E-state index contributed by atoms with van der Waals surface area (Å²) in [6, 6.07) is 7.69. The first-order valence-corrected chi connectivity index (χ1v) is 4.76. The summed E-state index contributed by atoms with van der Waals surface area (Å²) in [5.74, 6) is 0. The van der Waals surface area contributed by atoms with Crippen LogP contribution < -0.4 is 0 Å². The first kappa shape index (κ1) is 9.28. The van der Waals surface area contributed by atoms with Gasteiger partial charge in [0, 0.05) is 10.6 Å². The molecule has 3 heteroatoms. The monoisotopic (exact) mass is 207 g/mol. The molecule has 0 atom stereocenters. The number of oxime groups is 1. The molecular weight excluding hydrogens is 198 g/mol. The topological polar surface area (TPSA) is 21.6 Å². The Morgan fingerprint density at radius 3 is 2.64 bits per heavy atom. The summed E-state index contributed by atoms with van der Waals surface area (Å²) in [6.45, 7) is 2.50. The van der Waals surface area contributed by atoms with Gasteiger partial charge in [-0.3, -0.25) is 0 Å². The maximum absolute atomic E-state index is 5.79. The lowest BCUT2D eigenvalue weighted by molar-refractivity contribution is 0.187. The van der Waals surface area contributed by atoms with Gasteiger partial charge in [-0.05, 0) is 30.7 Å². The third-order valence-electron chi connectivity index (χ3n) is 2.10. The van der Waals surface area contributed by atoms with E-state index in [0.29, 0.717) is 6.61 Å². The molecule has 0 aromatic heterocycles. The third-order valence-corrected chi connectivity index (χ3v) is 2.35. The van der Waals surface area contributed by atoms with Crippen LogP contribution in [0.4, 0.5) is 0 Å². The van der Waals surface area contributed by atoms with E-state index in [1.54, 1.807) is 0 Å². The van der Waals surface area contributed by atoms with Gasteiger partial charge in [0.2, 0.25) is 0 Å². The smallest absolute Gasteiger partial charge is 0.144 e. The molecule has 72 valence electrons. The lowest BCUT2D eigenvalue weighted by atomic mass is 10.1. The van der Waals surface area contributed by atoms with E-state index in [2.05, 4.69) is 11.2 Å². The van der Waals surface area contributed by atoms with E-state index in [-0.39, 0.29) is 0 Å². The zero-order valence-corrected chi connectivity index (χ0v) is 8.58. The Morgan fingerprint density at radius 2 is 2.07 bits per heavy atom. The number of nitrogens with zero attached hydrogens (tertiary/aromatic N) is 1. The van der Waals surface area contributed by atoms with Crippen LogP contribution in [0.5, 0.6) is 0 Å². The van der Waals surface area contributed by atoms with Gasteiger partial charge in [0.15, 0.2) is 0 Å². The molecule has 0 fully saturated rings. The van der Waals surface area contributed by atoms with E-state index in [1.807, 2.05) is 31.2 Å². The number of halogens is 1. The molecule has 0 saturated carbocycles. The minimum absolute atomic E-state index is 0.564. The molecule has 1 aliphatic rings. The molecule has 1 aromatic carbocycles. The Balaban J connectivity index is 2.25. The van der Waals surface area contributed by atoms with Gasteiger partial charge in [-0.15, -0.1) is 0 Å². The zero-order chi connectivity index (χ0) is 9.97. The highest BCUT2D eigenvalue weighted by molar-refractivity contribution is 6.30. The van der Waals surface area contributed by atoms with Gasteiger partial charge in [0.25, 0.3) is 0 Å². The van der Waals surface area contributed by atoms with E-state index in [9.17, 15) is 0 Å². The fraction of sp³-hybridized carbons (Fsp3) is 0.182. The predicted octanol–water partition coefficient (Wildman–Crippen LogP) is 3.13. The standard InChI is InChI=1S/C11H10ClNO/c1-8-10(7-14-13-8)6-9-2-4-11(12)5-3-9/h2-6H,7H2,1H3/b10-6+. The second kappa shape index (κ2) is 3.84. The molecule has 2 rings (SSSR count). The largest absolute Gasteiger partial charge is 0.391 e. The normalized spacial score (nSPS) is 18.1. The van der Waals surface area contributed by atoms with E-state index < -0.39 is 0 Å². The van der Waals surface area contributed by atoms with Crippen molar-refractivity contribution in [2.75, 3.05) is 6.61 Å². The summed E-state index contributed by atoms with van der Waals surface area (Å²) in [7, 11) is 0. The van der Waals surface area contributed by atoms with Crippen LogP contribution in [0.1, 0.15) is 12.5 Å². The summed E-state index contributed by atoms with van der Waals surface area (Å²) >= 11 is 5.79. The molecule has 2 nitrogen and oxygen atoms in total. The van der Waals surface area contributed by atoms with Crippen molar-refractivity contribution in [3.63, 3.8) is 0 Å². The summed E-state index contributed by atoms with van der Waals surface area (Å²) < 4.78 is 0. The van der Waals surface area contributed by atoms with E-state index in [4.69, 9.17) is 16.4 Å². The Labute approximate surface area is 87.8 Å². The van der Waals surface area contributed by atoms with Crippen molar-refractivity contribution in [3.05, 3.63) is 40.4 Å². The van der Waals surface area contributed by atoms with Crippen LogP contribution in [-0.4, -0.2) is 12.3 Å². The highest BCUT2D eigenvalue weighted by atomic mass is 35.5. The number of rotatable bonds is 1. The van der Waals surface area contributed by atoms with Crippen molar-refractivity contribution in [2.24, 2.45) is 5.16 Å². The highest BCUT2D eigenvalue weighted by Crippen LogP contribution is 2.15. The Kier molecular flexibility index (Phi) is 2.55. The lowest BCUT2D eigenvalue weighted by Gasteiger charge is -1.96. The molecule has 1 aliphatic heterocycles. The van der Waals surface area contributed by atoms with Crippen LogP contribution in [0, 0.1) is 0 Å². The van der Waals surface area contributed by atoms with Crippen molar-refractivity contribution in [3.8, 4) is 0 Å². The molecular formula is C11H10ClNO. The van der Waals surface area contributed by atoms with Crippen LogP contribution in [0.15, 0.2) is 35.0 Å². The van der Waals surface area contributed by atoms with Crippen LogP contribution >= 0.6 is 11.6 Å².